The molecule has 0 aromatic heterocycles. The van der Waals surface area contributed by atoms with Crippen LogP contribution in [0.4, 0.5) is 0 Å². The third-order valence-corrected chi connectivity index (χ3v) is 4.83. The summed E-state index contributed by atoms with van der Waals surface area (Å²) in [5.41, 5.74) is 0. The van der Waals surface area contributed by atoms with Gasteiger partial charge in [-0.3, -0.25) is 4.79 Å². The Morgan fingerprint density at radius 3 is 1.58 bits per heavy atom. The highest BCUT2D eigenvalue weighted by Gasteiger charge is 2.19. The SMILES string of the molecule is CCC(OC(=O)CCCCCCCCCCCCCCC(C)C)C(=O)O. The van der Waals surface area contributed by atoms with Crippen LogP contribution in [0.5, 0.6) is 0 Å². The number of carboxylic acids is 1. The molecule has 0 bridgehead atoms. The highest BCUT2D eigenvalue weighted by Crippen LogP contribution is 2.14. The van der Waals surface area contributed by atoms with E-state index in [1.807, 2.05) is 0 Å². The standard InChI is InChI=1S/C22H42O4/c1-4-20(22(24)25)26-21(23)18-16-14-12-10-8-6-5-7-9-11-13-15-17-19(2)3/h19-20H,4-18H2,1-3H3,(H,24,25). The van der Waals surface area contributed by atoms with E-state index in [2.05, 4.69) is 13.8 Å². The first-order valence-electron chi connectivity index (χ1n) is 10.9. The molecular weight excluding hydrogens is 328 g/mol. The first kappa shape index (κ1) is 24.9. The Balaban J connectivity index is 3.29. The molecule has 4 nitrogen and oxygen atoms in total. The molecule has 0 radical (unpaired) electrons. The lowest BCUT2D eigenvalue weighted by Gasteiger charge is -2.11. The van der Waals surface area contributed by atoms with Crippen LogP contribution >= 0.6 is 0 Å². The molecular formula is C22H42O4. The zero-order valence-electron chi connectivity index (χ0n) is 17.4. The van der Waals surface area contributed by atoms with Crippen molar-refractivity contribution in [2.45, 2.75) is 123 Å². The van der Waals surface area contributed by atoms with Gasteiger partial charge < -0.3 is 9.84 Å². The maximum atomic E-state index is 11.6. The molecule has 26 heavy (non-hydrogen) atoms. The summed E-state index contributed by atoms with van der Waals surface area (Å²) < 4.78 is 4.94. The Bertz CT molecular complexity index is 352. The fourth-order valence-electron chi connectivity index (χ4n) is 3.12. The summed E-state index contributed by atoms with van der Waals surface area (Å²) in [5.74, 6) is -0.595. The van der Waals surface area contributed by atoms with E-state index in [0.717, 1.165) is 25.2 Å². The lowest BCUT2D eigenvalue weighted by Crippen LogP contribution is -2.26. The average molecular weight is 371 g/mol. The summed E-state index contributed by atoms with van der Waals surface area (Å²) in [6.07, 6.45) is 16.1. The molecule has 0 aliphatic heterocycles. The second kappa shape index (κ2) is 17.4. The highest BCUT2D eigenvalue weighted by atomic mass is 16.6. The molecule has 1 atom stereocenters. The third kappa shape index (κ3) is 16.4. The van der Waals surface area contributed by atoms with Gasteiger partial charge in [-0.1, -0.05) is 97.8 Å². The van der Waals surface area contributed by atoms with Crippen LogP contribution in [0.25, 0.3) is 0 Å². The van der Waals surface area contributed by atoms with Crippen LogP contribution in [0.15, 0.2) is 0 Å². The van der Waals surface area contributed by atoms with E-state index in [9.17, 15) is 9.59 Å². The van der Waals surface area contributed by atoms with Crippen molar-refractivity contribution in [2.24, 2.45) is 5.92 Å². The van der Waals surface area contributed by atoms with Crippen molar-refractivity contribution in [3.63, 3.8) is 0 Å². The molecule has 0 aromatic rings. The van der Waals surface area contributed by atoms with Crippen LogP contribution in [0.2, 0.25) is 0 Å². The lowest BCUT2D eigenvalue weighted by atomic mass is 10.0. The van der Waals surface area contributed by atoms with Gasteiger partial charge in [-0.25, -0.2) is 4.79 Å². The molecule has 0 heterocycles. The van der Waals surface area contributed by atoms with Gasteiger partial charge in [-0.15, -0.1) is 0 Å². The minimum absolute atomic E-state index is 0.318. The predicted molar refractivity (Wildman–Crippen MR) is 107 cm³/mol. The third-order valence-electron chi connectivity index (χ3n) is 4.83. The molecule has 154 valence electrons. The summed E-state index contributed by atoms with van der Waals surface area (Å²) in [5, 5.41) is 8.85. The number of ether oxygens (including phenoxy) is 1. The Morgan fingerprint density at radius 2 is 1.19 bits per heavy atom. The molecule has 0 aliphatic rings. The van der Waals surface area contributed by atoms with E-state index in [1.54, 1.807) is 6.92 Å². The van der Waals surface area contributed by atoms with Gasteiger partial charge in [0.2, 0.25) is 0 Å². The molecule has 0 aromatic carbocycles. The van der Waals surface area contributed by atoms with Crippen molar-refractivity contribution in [1.82, 2.24) is 0 Å². The molecule has 0 saturated heterocycles. The largest absolute Gasteiger partial charge is 0.479 e. The van der Waals surface area contributed by atoms with Gasteiger partial charge in [-0.05, 0) is 18.8 Å². The number of esters is 1. The zero-order valence-corrected chi connectivity index (χ0v) is 17.4. The molecule has 0 saturated carbocycles. The van der Waals surface area contributed by atoms with Gasteiger partial charge in [0, 0.05) is 6.42 Å². The van der Waals surface area contributed by atoms with Gasteiger partial charge >= 0.3 is 11.9 Å². The molecule has 4 heteroatoms. The number of hydrogen-bond acceptors (Lipinski definition) is 3. The van der Waals surface area contributed by atoms with Crippen LogP contribution in [0.3, 0.4) is 0 Å². The maximum Gasteiger partial charge on any atom is 0.345 e. The Labute approximate surface area is 161 Å². The smallest absolute Gasteiger partial charge is 0.345 e. The second-order valence-electron chi connectivity index (χ2n) is 7.90. The summed E-state index contributed by atoms with van der Waals surface area (Å²) >= 11 is 0. The van der Waals surface area contributed by atoms with Gasteiger partial charge in [0.15, 0.2) is 6.10 Å². The Morgan fingerprint density at radius 1 is 0.769 bits per heavy atom. The number of rotatable bonds is 18. The lowest BCUT2D eigenvalue weighted by molar-refractivity contribution is -0.164. The summed E-state index contributed by atoms with van der Waals surface area (Å²) in [7, 11) is 0. The van der Waals surface area contributed by atoms with Crippen molar-refractivity contribution in [2.75, 3.05) is 0 Å². The number of hydrogen-bond donors (Lipinski definition) is 1. The molecule has 1 N–H and O–H groups in total. The second-order valence-corrected chi connectivity index (χ2v) is 7.90. The summed E-state index contributed by atoms with van der Waals surface area (Å²) in [6.45, 7) is 6.30. The first-order chi connectivity index (χ1) is 12.5. The van der Waals surface area contributed by atoms with E-state index < -0.39 is 12.1 Å². The molecule has 1 unspecified atom stereocenters. The fraction of sp³-hybridized carbons (Fsp3) is 0.909. The van der Waals surface area contributed by atoms with E-state index in [0.29, 0.717) is 12.8 Å². The fourth-order valence-corrected chi connectivity index (χ4v) is 3.12. The van der Waals surface area contributed by atoms with Crippen molar-refractivity contribution in [3.05, 3.63) is 0 Å². The highest BCUT2D eigenvalue weighted by molar-refractivity contribution is 5.77. The van der Waals surface area contributed by atoms with Crippen molar-refractivity contribution in [1.29, 1.82) is 0 Å². The maximum absolute atomic E-state index is 11.6. The Hall–Kier alpha value is -1.06. The van der Waals surface area contributed by atoms with E-state index in [-0.39, 0.29) is 5.97 Å². The zero-order chi connectivity index (χ0) is 19.6. The number of carbonyl (C=O) groups is 2. The monoisotopic (exact) mass is 370 g/mol. The van der Waals surface area contributed by atoms with E-state index in [4.69, 9.17) is 9.84 Å². The van der Waals surface area contributed by atoms with Crippen molar-refractivity contribution < 1.29 is 19.4 Å². The van der Waals surface area contributed by atoms with E-state index >= 15 is 0 Å². The predicted octanol–water partition coefficient (Wildman–Crippen LogP) is 6.51. The molecule has 0 aliphatic carbocycles. The van der Waals surface area contributed by atoms with E-state index in [1.165, 1.54) is 64.2 Å². The molecule has 0 fully saturated rings. The number of carbonyl (C=O) groups excluding carboxylic acids is 1. The molecule has 0 rings (SSSR count). The summed E-state index contributed by atoms with van der Waals surface area (Å²) in [6, 6.07) is 0. The van der Waals surface area contributed by atoms with Crippen LogP contribution in [-0.2, 0) is 14.3 Å². The van der Waals surface area contributed by atoms with Crippen molar-refractivity contribution in [3.8, 4) is 0 Å². The first-order valence-corrected chi connectivity index (χ1v) is 10.9. The minimum Gasteiger partial charge on any atom is -0.479 e. The van der Waals surface area contributed by atoms with Gasteiger partial charge in [-0.2, -0.15) is 0 Å². The normalized spacial score (nSPS) is 12.3. The van der Waals surface area contributed by atoms with Crippen LogP contribution < -0.4 is 0 Å². The molecule has 0 amide bonds. The average Bonchev–Trinajstić information content (AvgIpc) is 2.59. The van der Waals surface area contributed by atoms with Crippen LogP contribution in [0.1, 0.15) is 117 Å². The number of aliphatic carboxylic acids is 1. The number of carboxylic acid groups (broad SMARTS) is 1. The van der Waals surface area contributed by atoms with Gasteiger partial charge in [0.25, 0.3) is 0 Å². The topological polar surface area (TPSA) is 63.6 Å². The van der Waals surface area contributed by atoms with Crippen LogP contribution in [0, 0.1) is 5.92 Å². The number of unbranched alkanes of at least 4 members (excludes halogenated alkanes) is 11. The summed E-state index contributed by atoms with van der Waals surface area (Å²) in [4.78, 5) is 22.4. The van der Waals surface area contributed by atoms with Crippen molar-refractivity contribution >= 4 is 11.9 Å². The quantitative estimate of drug-likeness (QED) is 0.221. The minimum atomic E-state index is -1.06. The Kier molecular flexibility index (Phi) is 16.7. The van der Waals surface area contributed by atoms with Gasteiger partial charge in [0.1, 0.15) is 0 Å². The molecule has 0 spiro atoms. The van der Waals surface area contributed by atoms with Crippen LogP contribution in [-0.4, -0.2) is 23.1 Å². The van der Waals surface area contributed by atoms with Gasteiger partial charge in [0.05, 0.1) is 0 Å².